The zero-order valence-corrected chi connectivity index (χ0v) is 11.3. The van der Waals surface area contributed by atoms with E-state index in [0.717, 1.165) is 8.45 Å². The molecule has 1 amide bonds. The van der Waals surface area contributed by atoms with E-state index in [9.17, 15) is 4.79 Å². The predicted molar refractivity (Wildman–Crippen MR) is 72.4 cm³/mol. The summed E-state index contributed by atoms with van der Waals surface area (Å²) in [5.41, 5.74) is 2.45. The fraction of sp³-hybridized carbons (Fsp3) is 0.0909. The first-order valence-corrected chi connectivity index (χ1v) is 6.62. The van der Waals surface area contributed by atoms with Crippen LogP contribution in [-0.2, 0) is 6.54 Å². The summed E-state index contributed by atoms with van der Waals surface area (Å²) in [6.07, 6.45) is 1.76. The Hall–Kier alpha value is -0.950. The smallest absolute Gasteiger partial charge is 0.251 e. The molecule has 1 N–H and O–H groups in total. The molecule has 16 heavy (non-hydrogen) atoms. The Morgan fingerprint density at radius 1 is 1.50 bits per heavy atom. The van der Waals surface area contributed by atoms with Crippen molar-refractivity contribution >= 4 is 39.8 Å². The number of carbonyl (C=O) groups excluding carboxylic acids is 1. The lowest BCUT2D eigenvalue weighted by Crippen LogP contribution is -2.22. The fourth-order valence-corrected chi connectivity index (χ4v) is 2.31. The summed E-state index contributed by atoms with van der Waals surface area (Å²) in [4.78, 5) is 16.8. The highest BCUT2D eigenvalue weighted by Gasteiger charge is 2.05. The van der Waals surface area contributed by atoms with Gasteiger partial charge < -0.3 is 5.32 Å². The summed E-state index contributed by atoms with van der Waals surface area (Å²) in [7, 11) is 0. The number of halogens is 1. The number of benzene rings is 1. The van der Waals surface area contributed by atoms with Gasteiger partial charge in [-0.1, -0.05) is 6.07 Å². The minimum Gasteiger partial charge on any atom is -0.347 e. The van der Waals surface area contributed by atoms with Crippen molar-refractivity contribution in [2.24, 2.45) is 0 Å². The molecule has 0 aliphatic carbocycles. The summed E-state index contributed by atoms with van der Waals surface area (Å²) in [6.45, 7) is 0.537. The van der Waals surface area contributed by atoms with Crippen molar-refractivity contribution in [1.82, 2.24) is 10.3 Å². The van der Waals surface area contributed by atoms with Gasteiger partial charge in [-0.15, -0.1) is 11.3 Å². The van der Waals surface area contributed by atoms with Crippen LogP contribution in [0.25, 0.3) is 0 Å². The van der Waals surface area contributed by atoms with Gasteiger partial charge in [0.15, 0.2) is 0 Å². The van der Waals surface area contributed by atoms with Crippen LogP contribution >= 0.6 is 33.9 Å². The lowest BCUT2D eigenvalue weighted by atomic mass is 10.2. The van der Waals surface area contributed by atoms with Gasteiger partial charge in [-0.2, -0.15) is 0 Å². The third-order valence-electron chi connectivity index (χ3n) is 1.99. The van der Waals surface area contributed by atoms with Gasteiger partial charge in [0.2, 0.25) is 0 Å². The number of amides is 1. The minimum absolute atomic E-state index is 0.0492. The second kappa shape index (κ2) is 5.40. The minimum atomic E-state index is -0.0492. The molecule has 3 nitrogen and oxygen atoms in total. The van der Waals surface area contributed by atoms with Crippen molar-refractivity contribution in [3.63, 3.8) is 0 Å². The SMILES string of the molecule is O=C(NCc1cncs1)c1cccc(I)c1. The van der Waals surface area contributed by atoms with Crippen molar-refractivity contribution in [3.05, 3.63) is 50.0 Å². The van der Waals surface area contributed by atoms with Crippen molar-refractivity contribution < 1.29 is 4.79 Å². The summed E-state index contributed by atoms with van der Waals surface area (Å²) < 4.78 is 1.06. The number of hydrogen-bond acceptors (Lipinski definition) is 3. The molecule has 0 spiro atoms. The number of nitrogens with zero attached hydrogens (tertiary/aromatic N) is 1. The molecule has 0 saturated heterocycles. The number of carbonyl (C=O) groups is 1. The maximum Gasteiger partial charge on any atom is 0.251 e. The van der Waals surface area contributed by atoms with Gasteiger partial charge in [-0.3, -0.25) is 9.78 Å². The van der Waals surface area contributed by atoms with Gasteiger partial charge in [0.1, 0.15) is 0 Å². The van der Waals surface area contributed by atoms with Gasteiger partial charge in [0.05, 0.1) is 12.1 Å². The molecule has 2 aromatic rings. The van der Waals surface area contributed by atoms with Crippen molar-refractivity contribution in [3.8, 4) is 0 Å². The summed E-state index contributed by atoms with van der Waals surface area (Å²) in [5.74, 6) is -0.0492. The number of thiazole rings is 1. The van der Waals surface area contributed by atoms with Gasteiger partial charge in [-0.05, 0) is 40.8 Å². The highest BCUT2D eigenvalue weighted by Crippen LogP contribution is 2.09. The number of hydrogen-bond donors (Lipinski definition) is 1. The van der Waals surface area contributed by atoms with Crippen LogP contribution in [0.5, 0.6) is 0 Å². The normalized spacial score (nSPS) is 10.1. The van der Waals surface area contributed by atoms with Crippen LogP contribution in [-0.4, -0.2) is 10.9 Å². The predicted octanol–water partition coefficient (Wildman–Crippen LogP) is 2.68. The highest BCUT2D eigenvalue weighted by atomic mass is 127. The molecular formula is C11H9IN2OS. The van der Waals surface area contributed by atoms with E-state index < -0.39 is 0 Å². The highest BCUT2D eigenvalue weighted by molar-refractivity contribution is 14.1. The molecule has 0 radical (unpaired) electrons. The van der Waals surface area contributed by atoms with Crippen LogP contribution in [0.1, 0.15) is 15.2 Å². The van der Waals surface area contributed by atoms with Crippen LogP contribution < -0.4 is 5.32 Å². The van der Waals surface area contributed by atoms with E-state index in [0.29, 0.717) is 12.1 Å². The maximum absolute atomic E-state index is 11.8. The van der Waals surface area contributed by atoms with Crippen LogP contribution in [0.15, 0.2) is 36.0 Å². The van der Waals surface area contributed by atoms with E-state index in [-0.39, 0.29) is 5.91 Å². The Balaban J connectivity index is 1.98. The van der Waals surface area contributed by atoms with E-state index >= 15 is 0 Å². The Labute approximate surface area is 111 Å². The molecule has 0 atom stereocenters. The first-order chi connectivity index (χ1) is 7.75. The van der Waals surface area contributed by atoms with Crippen LogP contribution in [0, 0.1) is 3.57 Å². The number of nitrogens with one attached hydrogen (secondary N) is 1. The van der Waals surface area contributed by atoms with E-state index in [1.807, 2.05) is 24.3 Å². The molecule has 5 heteroatoms. The summed E-state index contributed by atoms with van der Waals surface area (Å²) >= 11 is 3.73. The van der Waals surface area contributed by atoms with E-state index in [1.165, 1.54) is 11.3 Å². The topological polar surface area (TPSA) is 42.0 Å². The summed E-state index contributed by atoms with van der Waals surface area (Å²) in [6, 6.07) is 7.51. The average Bonchev–Trinajstić information content (AvgIpc) is 2.78. The first kappa shape index (κ1) is 11.5. The van der Waals surface area contributed by atoms with E-state index in [4.69, 9.17) is 0 Å². The van der Waals surface area contributed by atoms with Gasteiger partial charge in [0.25, 0.3) is 5.91 Å². The lowest BCUT2D eigenvalue weighted by molar-refractivity contribution is 0.0951. The van der Waals surface area contributed by atoms with Crippen LogP contribution in [0.4, 0.5) is 0 Å². The largest absolute Gasteiger partial charge is 0.347 e. The quantitative estimate of drug-likeness (QED) is 0.870. The number of aromatic nitrogens is 1. The third kappa shape index (κ3) is 3.02. The molecule has 1 aromatic carbocycles. The van der Waals surface area contributed by atoms with E-state index in [2.05, 4.69) is 32.9 Å². The Morgan fingerprint density at radius 2 is 2.38 bits per heavy atom. The first-order valence-electron chi connectivity index (χ1n) is 4.67. The zero-order chi connectivity index (χ0) is 11.4. The molecule has 82 valence electrons. The third-order valence-corrected chi connectivity index (χ3v) is 3.44. The molecule has 0 aliphatic heterocycles. The second-order valence-electron chi connectivity index (χ2n) is 3.16. The molecular weight excluding hydrogens is 335 g/mol. The van der Waals surface area contributed by atoms with Gasteiger partial charge in [0, 0.05) is 20.2 Å². The van der Waals surface area contributed by atoms with Crippen molar-refractivity contribution in [2.75, 3.05) is 0 Å². The van der Waals surface area contributed by atoms with Gasteiger partial charge in [-0.25, -0.2) is 0 Å². The van der Waals surface area contributed by atoms with Crippen LogP contribution in [0.2, 0.25) is 0 Å². The molecule has 0 bridgehead atoms. The zero-order valence-electron chi connectivity index (χ0n) is 8.31. The van der Waals surface area contributed by atoms with Crippen molar-refractivity contribution in [1.29, 1.82) is 0 Å². The molecule has 1 heterocycles. The maximum atomic E-state index is 11.8. The molecule has 0 fully saturated rings. The Kier molecular flexibility index (Phi) is 3.89. The monoisotopic (exact) mass is 344 g/mol. The molecule has 2 rings (SSSR count). The van der Waals surface area contributed by atoms with Gasteiger partial charge >= 0.3 is 0 Å². The van der Waals surface area contributed by atoms with E-state index in [1.54, 1.807) is 11.7 Å². The second-order valence-corrected chi connectivity index (χ2v) is 5.38. The Bertz CT molecular complexity index is 484. The summed E-state index contributed by atoms with van der Waals surface area (Å²) in [5, 5.41) is 2.86. The molecule has 0 unspecified atom stereocenters. The fourth-order valence-electron chi connectivity index (χ4n) is 1.23. The molecule has 1 aromatic heterocycles. The van der Waals surface area contributed by atoms with Crippen LogP contribution in [0.3, 0.4) is 0 Å². The molecule has 0 aliphatic rings. The number of rotatable bonds is 3. The molecule has 0 saturated carbocycles. The Morgan fingerprint density at radius 3 is 3.06 bits per heavy atom. The average molecular weight is 344 g/mol. The lowest BCUT2D eigenvalue weighted by Gasteiger charge is -2.03. The van der Waals surface area contributed by atoms with Crippen molar-refractivity contribution in [2.45, 2.75) is 6.54 Å². The standard InChI is InChI=1S/C11H9IN2OS/c12-9-3-1-2-8(4-9)11(15)14-6-10-5-13-7-16-10/h1-5,7H,6H2,(H,14,15).